The molecular formula is C16H18BrN3O3S. The van der Waals surface area contributed by atoms with Gasteiger partial charge in [-0.25, -0.2) is 9.78 Å². The number of rotatable bonds is 1. The van der Waals surface area contributed by atoms with Crippen molar-refractivity contribution in [3.05, 3.63) is 26.0 Å². The summed E-state index contributed by atoms with van der Waals surface area (Å²) in [4.78, 5) is 33.3. The van der Waals surface area contributed by atoms with Gasteiger partial charge in [0.2, 0.25) is 0 Å². The minimum absolute atomic E-state index is 0.152. The van der Waals surface area contributed by atoms with E-state index in [1.54, 1.807) is 11.0 Å². The van der Waals surface area contributed by atoms with Gasteiger partial charge in [-0.15, -0.1) is 11.3 Å². The molecule has 8 heteroatoms. The lowest BCUT2D eigenvalue weighted by Crippen LogP contribution is -2.48. The third-order valence-corrected chi connectivity index (χ3v) is 7.14. The smallest absolute Gasteiger partial charge is 0.408 e. The molecule has 1 saturated carbocycles. The van der Waals surface area contributed by atoms with Crippen LogP contribution in [0, 0.1) is 11.3 Å². The van der Waals surface area contributed by atoms with Crippen LogP contribution < -0.4 is 5.56 Å². The zero-order valence-electron chi connectivity index (χ0n) is 13.6. The summed E-state index contributed by atoms with van der Waals surface area (Å²) in [5.74, 6) is 0.782. The summed E-state index contributed by atoms with van der Waals surface area (Å²) in [5.41, 5.74) is -0.102. The molecule has 2 aromatic rings. The fraction of sp³-hybridized carbons (Fsp3) is 0.562. The highest BCUT2D eigenvalue weighted by atomic mass is 79.9. The van der Waals surface area contributed by atoms with Gasteiger partial charge in [0, 0.05) is 0 Å². The number of carbonyl (C=O) groups is 1. The monoisotopic (exact) mass is 411 g/mol. The van der Waals surface area contributed by atoms with E-state index in [0.29, 0.717) is 28.4 Å². The van der Waals surface area contributed by atoms with Crippen LogP contribution in [-0.2, 0) is 0 Å². The summed E-state index contributed by atoms with van der Waals surface area (Å²) in [6.45, 7) is 6.25. The molecule has 24 heavy (non-hydrogen) atoms. The summed E-state index contributed by atoms with van der Waals surface area (Å²) in [5, 5.41) is 9.86. The Balaban J connectivity index is 1.83. The Morgan fingerprint density at radius 2 is 2.25 bits per heavy atom. The van der Waals surface area contributed by atoms with Crippen LogP contribution in [0.1, 0.15) is 45.5 Å². The number of halogens is 1. The van der Waals surface area contributed by atoms with Crippen molar-refractivity contribution in [2.24, 2.45) is 11.3 Å². The fourth-order valence-electron chi connectivity index (χ4n) is 4.45. The van der Waals surface area contributed by atoms with Crippen LogP contribution in [0.3, 0.4) is 0 Å². The number of thiophene rings is 1. The highest BCUT2D eigenvalue weighted by molar-refractivity contribution is 9.11. The van der Waals surface area contributed by atoms with E-state index < -0.39 is 12.1 Å². The van der Waals surface area contributed by atoms with Gasteiger partial charge in [0.1, 0.15) is 10.5 Å². The lowest BCUT2D eigenvalue weighted by molar-refractivity contribution is 0.0578. The third kappa shape index (κ3) is 2.02. The molecule has 0 bridgehead atoms. The van der Waals surface area contributed by atoms with Gasteiger partial charge in [-0.3, -0.25) is 9.69 Å². The van der Waals surface area contributed by atoms with Crippen molar-refractivity contribution in [1.82, 2.24) is 14.9 Å². The molecule has 0 unspecified atom stereocenters. The molecule has 2 aliphatic rings. The van der Waals surface area contributed by atoms with Crippen molar-refractivity contribution in [2.45, 2.75) is 45.2 Å². The van der Waals surface area contributed by atoms with Crippen molar-refractivity contribution in [1.29, 1.82) is 0 Å². The van der Waals surface area contributed by atoms with Gasteiger partial charge in [-0.2, -0.15) is 0 Å². The van der Waals surface area contributed by atoms with Crippen molar-refractivity contribution < 1.29 is 9.90 Å². The molecule has 2 fully saturated rings. The normalized spacial score (nSPS) is 29.1. The summed E-state index contributed by atoms with van der Waals surface area (Å²) < 4.78 is 1.39. The first kappa shape index (κ1) is 16.1. The molecule has 2 N–H and O–H groups in total. The molecule has 0 spiro atoms. The molecule has 0 radical (unpaired) electrons. The first-order valence-electron chi connectivity index (χ1n) is 7.86. The predicted octanol–water partition coefficient (Wildman–Crippen LogP) is 3.98. The highest BCUT2D eigenvalue weighted by Crippen LogP contribution is 2.68. The van der Waals surface area contributed by atoms with E-state index in [-0.39, 0.29) is 16.5 Å². The summed E-state index contributed by atoms with van der Waals surface area (Å²) in [7, 11) is 0. The number of hydrogen-bond donors (Lipinski definition) is 2. The molecule has 3 atom stereocenters. The van der Waals surface area contributed by atoms with E-state index >= 15 is 0 Å². The summed E-state index contributed by atoms with van der Waals surface area (Å²) in [6, 6.07) is 1.41. The topological polar surface area (TPSA) is 86.3 Å². The molecule has 1 amide bonds. The van der Waals surface area contributed by atoms with Gasteiger partial charge in [-0.05, 0) is 46.2 Å². The molecule has 3 heterocycles. The molecular weight excluding hydrogens is 394 g/mol. The van der Waals surface area contributed by atoms with E-state index in [1.165, 1.54) is 11.3 Å². The van der Waals surface area contributed by atoms with Crippen LogP contribution in [0.15, 0.2) is 14.6 Å². The Morgan fingerprint density at radius 3 is 2.88 bits per heavy atom. The SMILES string of the molecule is CC(C)(C)[C@]12C[C@@H]1C[C@@H](c1nc3cc(Br)sc3c(=O)[nH]1)N2C(=O)O. The van der Waals surface area contributed by atoms with Crippen LogP contribution in [0.5, 0.6) is 0 Å². The number of H-pyrrole nitrogens is 1. The Morgan fingerprint density at radius 1 is 1.54 bits per heavy atom. The van der Waals surface area contributed by atoms with E-state index in [0.717, 1.165) is 10.2 Å². The number of nitrogens with one attached hydrogen (secondary N) is 1. The lowest BCUT2D eigenvalue weighted by Gasteiger charge is -2.39. The fourth-order valence-corrected chi connectivity index (χ4v) is 5.87. The third-order valence-electron chi connectivity index (χ3n) is 5.51. The van der Waals surface area contributed by atoms with Gasteiger partial charge in [0.05, 0.1) is 20.9 Å². The van der Waals surface area contributed by atoms with Crippen LogP contribution in [0.25, 0.3) is 10.2 Å². The van der Waals surface area contributed by atoms with Gasteiger partial charge in [-0.1, -0.05) is 20.8 Å². The Labute approximate surface area is 151 Å². The molecule has 4 rings (SSSR count). The maximum absolute atomic E-state index is 12.3. The number of fused-ring (bicyclic) bond motifs is 2. The first-order valence-corrected chi connectivity index (χ1v) is 9.47. The quantitative estimate of drug-likeness (QED) is 0.742. The van der Waals surface area contributed by atoms with Gasteiger partial charge < -0.3 is 10.1 Å². The van der Waals surface area contributed by atoms with E-state index in [2.05, 4.69) is 46.7 Å². The molecule has 1 aliphatic carbocycles. The minimum Gasteiger partial charge on any atom is -0.465 e. The number of nitrogens with zero attached hydrogens (tertiary/aromatic N) is 2. The molecule has 1 saturated heterocycles. The maximum atomic E-state index is 12.3. The van der Waals surface area contributed by atoms with Crippen LogP contribution in [0.2, 0.25) is 0 Å². The van der Waals surface area contributed by atoms with Crippen molar-refractivity contribution in [2.75, 3.05) is 0 Å². The predicted molar refractivity (Wildman–Crippen MR) is 95.5 cm³/mol. The van der Waals surface area contributed by atoms with Gasteiger partial charge >= 0.3 is 6.09 Å². The number of hydrogen-bond acceptors (Lipinski definition) is 4. The second-order valence-corrected chi connectivity index (χ2v) is 10.1. The van der Waals surface area contributed by atoms with Crippen LogP contribution in [-0.4, -0.2) is 31.6 Å². The Bertz CT molecular complexity index is 915. The zero-order chi connectivity index (χ0) is 17.4. The molecule has 6 nitrogen and oxygen atoms in total. The number of piperidine rings is 1. The zero-order valence-corrected chi connectivity index (χ0v) is 16.0. The summed E-state index contributed by atoms with van der Waals surface area (Å²) >= 11 is 4.70. The number of carboxylic acid groups (broad SMARTS) is 1. The Kier molecular flexibility index (Phi) is 3.23. The average molecular weight is 412 g/mol. The number of amides is 1. The molecule has 2 aromatic heterocycles. The van der Waals surface area contributed by atoms with Crippen molar-refractivity contribution in [3.8, 4) is 0 Å². The molecule has 0 aromatic carbocycles. The minimum atomic E-state index is -0.941. The Hall–Kier alpha value is -1.41. The standard InChI is InChI=1S/C16H18BrN3O3S/c1-15(2,3)16-6-7(16)4-9(20(16)14(22)23)12-18-8-5-10(17)24-11(8)13(21)19-12/h5,7,9H,4,6H2,1-3H3,(H,22,23)(H,18,19,21)/t7-,9-,16-/m0/s1. The summed E-state index contributed by atoms with van der Waals surface area (Å²) in [6.07, 6.45) is 0.656. The van der Waals surface area contributed by atoms with Crippen molar-refractivity contribution in [3.63, 3.8) is 0 Å². The van der Waals surface area contributed by atoms with Crippen LogP contribution in [0.4, 0.5) is 4.79 Å². The van der Waals surface area contributed by atoms with E-state index in [1.807, 2.05) is 0 Å². The largest absolute Gasteiger partial charge is 0.465 e. The van der Waals surface area contributed by atoms with E-state index in [9.17, 15) is 14.7 Å². The number of aromatic nitrogens is 2. The van der Waals surface area contributed by atoms with Gasteiger partial charge in [0.15, 0.2) is 0 Å². The maximum Gasteiger partial charge on any atom is 0.408 e. The van der Waals surface area contributed by atoms with E-state index in [4.69, 9.17) is 0 Å². The number of likely N-dealkylation sites (tertiary alicyclic amines) is 1. The average Bonchev–Trinajstić information content (AvgIpc) is 2.88. The second-order valence-electron chi connectivity index (χ2n) is 7.70. The lowest BCUT2D eigenvalue weighted by atomic mass is 9.82. The first-order chi connectivity index (χ1) is 11.1. The van der Waals surface area contributed by atoms with Crippen LogP contribution >= 0.6 is 27.3 Å². The highest BCUT2D eigenvalue weighted by Gasteiger charge is 2.72. The van der Waals surface area contributed by atoms with Crippen molar-refractivity contribution >= 4 is 43.6 Å². The number of aromatic amines is 1. The molecule has 128 valence electrons. The second kappa shape index (κ2) is 4.82. The van der Waals surface area contributed by atoms with Gasteiger partial charge in [0.25, 0.3) is 5.56 Å². The molecule has 1 aliphatic heterocycles.